The van der Waals surface area contributed by atoms with Crippen LogP contribution in [0, 0.1) is 0 Å². The molecule has 2 atom stereocenters. The maximum Gasteiger partial charge on any atom is 0.0897 e. The molecule has 0 aliphatic rings. The number of nitrogens with one attached hydrogen (secondary N) is 1. The molecule has 0 fully saturated rings. The number of hydrogen-bond acceptors (Lipinski definition) is 4. The van der Waals surface area contributed by atoms with E-state index in [0.29, 0.717) is 19.8 Å². The molecule has 4 N–H and O–H groups in total. The van der Waals surface area contributed by atoms with Gasteiger partial charge in [-0.25, -0.2) is 0 Å². The number of aliphatic hydroxyl groups excluding tert-OH is 1. The van der Waals surface area contributed by atoms with Crippen molar-refractivity contribution >= 4 is 0 Å². The molecule has 0 aliphatic carbocycles. The zero-order chi connectivity index (χ0) is 9.40. The molecular formula is C8H20N2O2. The van der Waals surface area contributed by atoms with Crippen LogP contribution in [-0.2, 0) is 4.74 Å². The van der Waals surface area contributed by atoms with Crippen LogP contribution in [0.5, 0.6) is 0 Å². The van der Waals surface area contributed by atoms with Crippen LogP contribution in [0.2, 0.25) is 0 Å². The van der Waals surface area contributed by atoms with Gasteiger partial charge in [-0.05, 0) is 13.8 Å². The molecule has 0 saturated heterocycles. The molecule has 0 aliphatic heterocycles. The largest absolute Gasteiger partial charge is 0.389 e. The van der Waals surface area contributed by atoms with E-state index in [-0.39, 0.29) is 6.04 Å². The van der Waals surface area contributed by atoms with Gasteiger partial charge in [-0.2, -0.15) is 0 Å². The Labute approximate surface area is 74.1 Å². The first kappa shape index (κ1) is 11.8. The van der Waals surface area contributed by atoms with Crippen LogP contribution in [0.3, 0.4) is 0 Å². The maximum atomic E-state index is 9.26. The van der Waals surface area contributed by atoms with Crippen molar-refractivity contribution in [3.63, 3.8) is 0 Å². The Hall–Kier alpha value is -0.160. The molecule has 0 aromatic rings. The number of aliphatic hydroxyl groups is 1. The van der Waals surface area contributed by atoms with Gasteiger partial charge in [0.25, 0.3) is 0 Å². The molecule has 0 aromatic heterocycles. The van der Waals surface area contributed by atoms with E-state index in [9.17, 15) is 5.11 Å². The van der Waals surface area contributed by atoms with Crippen LogP contribution >= 0.6 is 0 Å². The Morgan fingerprint density at radius 1 is 1.50 bits per heavy atom. The van der Waals surface area contributed by atoms with Gasteiger partial charge < -0.3 is 20.9 Å². The molecule has 0 bridgehead atoms. The van der Waals surface area contributed by atoms with Crippen molar-refractivity contribution in [3.05, 3.63) is 0 Å². The van der Waals surface area contributed by atoms with E-state index in [1.54, 1.807) is 0 Å². The molecule has 12 heavy (non-hydrogen) atoms. The zero-order valence-corrected chi connectivity index (χ0v) is 7.92. The average molecular weight is 176 g/mol. The summed E-state index contributed by atoms with van der Waals surface area (Å²) >= 11 is 0. The smallest absolute Gasteiger partial charge is 0.0897 e. The number of rotatable bonds is 7. The Morgan fingerprint density at radius 2 is 2.17 bits per heavy atom. The SMILES string of the molecule is CCOCC(O)CNCC(C)N. The van der Waals surface area contributed by atoms with Crippen LogP contribution in [0.15, 0.2) is 0 Å². The van der Waals surface area contributed by atoms with E-state index in [0.717, 1.165) is 6.54 Å². The fourth-order valence-electron chi connectivity index (χ4n) is 0.790. The Bertz CT molecular complexity index is 99.1. The van der Waals surface area contributed by atoms with Crippen molar-refractivity contribution in [2.24, 2.45) is 5.73 Å². The van der Waals surface area contributed by atoms with E-state index in [1.807, 2.05) is 13.8 Å². The number of hydrogen-bond donors (Lipinski definition) is 3. The normalized spacial score (nSPS) is 16.0. The van der Waals surface area contributed by atoms with Crippen molar-refractivity contribution in [1.82, 2.24) is 5.32 Å². The lowest BCUT2D eigenvalue weighted by Crippen LogP contribution is -2.37. The van der Waals surface area contributed by atoms with Gasteiger partial charge in [0.2, 0.25) is 0 Å². The highest BCUT2D eigenvalue weighted by molar-refractivity contribution is 4.62. The predicted molar refractivity (Wildman–Crippen MR) is 49.0 cm³/mol. The first-order valence-corrected chi connectivity index (χ1v) is 4.39. The fraction of sp³-hybridized carbons (Fsp3) is 1.00. The average Bonchev–Trinajstić information content (AvgIpc) is 2.00. The van der Waals surface area contributed by atoms with Gasteiger partial charge in [0.15, 0.2) is 0 Å². The molecule has 0 heterocycles. The van der Waals surface area contributed by atoms with E-state index in [4.69, 9.17) is 10.5 Å². The highest BCUT2D eigenvalue weighted by atomic mass is 16.5. The molecule has 74 valence electrons. The zero-order valence-electron chi connectivity index (χ0n) is 7.92. The summed E-state index contributed by atoms with van der Waals surface area (Å²) in [4.78, 5) is 0. The van der Waals surface area contributed by atoms with Crippen molar-refractivity contribution in [2.45, 2.75) is 26.0 Å². The summed E-state index contributed by atoms with van der Waals surface area (Å²) in [7, 11) is 0. The molecule has 0 rings (SSSR count). The van der Waals surface area contributed by atoms with E-state index in [2.05, 4.69) is 5.32 Å². The monoisotopic (exact) mass is 176 g/mol. The third-order valence-electron chi connectivity index (χ3n) is 1.36. The summed E-state index contributed by atoms with van der Waals surface area (Å²) < 4.78 is 5.03. The summed E-state index contributed by atoms with van der Waals surface area (Å²) in [5, 5.41) is 12.3. The summed E-state index contributed by atoms with van der Waals surface area (Å²) in [6.45, 7) is 6.13. The van der Waals surface area contributed by atoms with Gasteiger partial charge in [0, 0.05) is 25.7 Å². The minimum Gasteiger partial charge on any atom is -0.389 e. The van der Waals surface area contributed by atoms with Crippen LogP contribution in [0.4, 0.5) is 0 Å². The van der Waals surface area contributed by atoms with Crippen LogP contribution in [0.25, 0.3) is 0 Å². The van der Waals surface area contributed by atoms with Gasteiger partial charge in [-0.1, -0.05) is 0 Å². The standard InChI is InChI=1S/C8H20N2O2/c1-3-12-6-8(11)5-10-4-7(2)9/h7-8,10-11H,3-6,9H2,1-2H3. The quantitative estimate of drug-likeness (QED) is 0.481. The predicted octanol–water partition coefficient (Wildman–Crippen LogP) is -0.679. The lowest BCUT2D eigenvalue weighted by molar-refractivity contribution is 0.0428. The summed E-state index contributed by atoms with van der Waals surface area (Å²) in [5.41, 5.74) is 5.50. The lowest BCUT2D eigenvalue weighted by Gasteiger charge is -2.12. The molecule has 0 aromatic carbocycles. The molecule has 4 nitrogen and oxygen atoms in total. The Morgan fingerprint density at radius 3 is 2.67 bits per heavy atom. The third-order valence-corrected chi connectivity index (χ3v) is 1.36. The third kappa shape index (κ3) is 7.94. The van der Waals surface area contributed by atoms with E-state index in [1.165, 1.54) is 0 Å². The van der Waals surface area contributed by atoms with Gasteiger partial charge in [-0.3, -0.25) is 0 Å². The highest BCUT2D eigenvalue weighted by Gasteiger charge is 2.02. The van der Waals surface area contributed by atoms with Crippen molar-refractivity contribution in [3.8, 4) is 0 Å². The number of ether oxygens (including phenoxy) is 1. The Balaban J connectivity index is 3.13. The maximum absolute atomic E-state index is 9.26. The van der Waals surface area contributed by atoms with Crippen molar-refractivity contribution in [2.75, 3.05) is 26.3 Å². The minimum atomic E-state index is -0.427. The van der Waals surface area contributed by atoms with Crippen LogP contribution in [-0.4, -0.2) is 43.6 Å². The summed E-state index contributed by atoms with van der Waals surface area (Å²) in [6, 6.07) is 0.129. The number of nitrogens with two attached hydrogens (primary N) is 1. The fourth-order valence-corrected chi connectivity index (χ4v) is 0.790. The van der Waals surface area contributed by atoms with Crippen molar-refractivity contribution in [1.29, 1.82) is 0 Å². The van der Waals surface area contributed by atoms with Gasteiger partial charge >= 0.3 is 0 Å². The minimum absolute atomic E-state index is 0.129. The van der Waals surface area contributed by atoms with Gasteiger partial charge in [-0.15, -0.1) is 0 Å². The summed E-state index contributed by atoms with van der Waals surface area (Å²) in [6.07, 6.45) is -0.427. The van der Waals surface area contributed by atoms with Gasteiger partial charge in [0.1, 0.15) is 0 Å². The van der Waals surface area contributed by atoms with Crippen LogP contribution in [0.1, 0.15) is 13.8 Å². The Kier molecular flexibility index (Phi) is 7.39. The second-order valence-corrected chi connectivity index (χ2v) is 2.95. The molecular weight excluding hydrogens is 156 g/mol. The molecule has 0 amide bonds. The van der Waals surface area contributed by atoms with E-state index >= 15 is 0 Å². The summed E-state index contributed by atoms with van der Waals surface area (Å²) in [5.74, 6) is 0. The van der Waals surface area contributed by atoms with Crippen molar-refractivity contribution < 1.29 is 9.84 Å². The lowest BCUT2D eigenvalue weighted by atomic mass is 10.3. The highest BCUT2D eigenvalue weighted by Crippen LogP contribution is 1.83. The second-order valence-electron chi connectivity index (χ2n) is 2.95. The molecule has 0 spiro atoms. The molecule has 2 unspecified atom stereocenters. The molecule has 0 radical (unpaired) electrons. The molecule has 4 heteroatoms. The van der Waals surface area contributed by atoms with E-state index < -0.39 is 6.10 Å². The first-order chi connectivity index (χ1) is 5.66. The first-order valence-electron chi connectivity index (χ1n) is 4.39. The topological polar surface area (TPSA) is 67.5 Å². The van der Waals surface area contributed by atoms with Crippen LogP contribution < -0.4 is 11.1 Å². The molecule has 0 saturated carbocycles. The van der Waals surface area contributed by atoms with Gasteiger partial charge in [0.05, 0.1) is 12.7 Å². The second kappa shape index (κ2) is 7.49.